The minimum absolute atomic E-state index is 0.678. The molecule has 0 fully saturated rings. The Labute approximate surface area is 116 Å². The Morgan fingerprint density at radius 2 is 1.37 bits per heavy atom. The molecule has 0 aliphatic rings. The van der Waals surface area contributed by atoms with Gasteiger partial charge >= 0.3 is 0 Å². The molecule has 1 nitrogen and oxygen atoms in total. The third-order valence-electron chi connectivity index (χ3n) is 3.32. The molecule has 2 aromatic carbocycles. The lowest BCUT2D eigenvalue weighted by Gasteiger charge is -2.15. The topological polar surface area (TPSA) is 12.0 Å². The maximum absolute atomic E-state index is 3.25. The average molecular weight is 253 g/mol. The van der Waals surface area contributed by atoms with Crippen LogP contribution in [0.4, 0.5) is 0 Å². The fourth-order valence-corrected chi connectivity index (χ4v) is 2.53. The van der Waals surface area contributed by atoms with E-state index >= 15 is 0 Å². The van der Waals surface area contributed by atoms with Crippen molar-refractivity contribution in [3.63, 3.8) is 0 Å². The molecule has 0 atom stereocenters. The molecule has 0 saturated heterocycles. The van der Waals surface area contributed by atoms with Crippen molar-refractivity contribution in [3.05, 3.63) is 59.7 Å². The molecule has 2 rings (SSSR count). The molecule has 1 N–H and O–H groups in total. The highest BCUT2D eigenvalue weighted by Gasteiger charge is 2.09. The minimum atomic E-state index is 0.678. The maximum Gasteiger partial charge on any atom is 0.0208 e. The van der Waals surface area contributed by atoms with Crippen LogP contribution in [-0.2, 0) is 13.0 Å². The highest BCUT2D eigenvalue weighted by Crippen LogP contribution is 2.28. The smallest absolute Gasteiger partial charge is 0.0208 e. The van der Waals surface area contributed by atoms with Gasteiger partial charge in [-0.05, 0) is 41.6 Å². The summed E-state index contributed by atoms with van der Waals surface area (Å²) in [6, 6.07) is 17.4. The molecule has 0 unspecified atom stereocenters. The normalized spacial score (nSPS) is 10.9. The SMILES string of the molecule is CNCc1ccccc1-c1ccccc1CC(C)C. The van der Waals surface area contributed by atoms with E-state index in [2.05, 4.69) is 67.7 Å². The Hall–Kier alpha value is -1.60. The van der Waals surface area contributed by atoms with E-state index < -0.39 is 0 Å². The number of rotatable bonds is 5. The van der Waals surface area contributed by atoms with Gasteiger partial charge in [0.1, 0.15) is 0 Å². The van der Waals surface area contributed by atoms with Crippen molar-refractivity contribution in [1.29, 1.82) is 0 Å². The molecule has 0 radical (unpaired) electrons. The van der Waals surface area contributed by atoms with Gasteiger partial charge in [0.05, 0.1) is 0 Å². The molecule has 0 spiro atoms. The third kappa shape index (κ3) is 3.45. The zero-order valence-corrected chi connectivity index (χ0v) is 12.1. The van der Waals surface area contributed by atoms with E-state index in [9.17, 15) is 0 Å². The Kier molecular flexibility index (Phi) is 4.75. The van der Waals surface area contributed by atoms with Gasteiger partial charge < -0.3 is 5.32 Å². The maximum atomic E-state index is 3.25. The Bertz CT molecular complexity index is 529. The first kappa shape index (κ1) is 13.8. The lowest BCUT2D eigenvalue weighted by Crippen LogP contribution is -2.07. The van der Waals surface area contributed by atoms with Crippen LogP contribution in [0.15, 0.2) is 48.5 Å². The number of hydrogen-bond acceptors (Lipinski definition) is 1. The first-order valence-electron chi connectivity index (χ1n) is 7.03. The van der Waals surface area contributed by atoms with Crippen LogP contribution in [0.2, 0.25) is 0 Å². The molecule has 2 aromatic rings. The summed E-state index contributed by atoms with van der Waals surface area (Å²) in [4.78, 5) is 0. The van der Waals surface area contributed by atoms with Crippen molar-refractivity contribution in [2.75, 3.05) is 7.05 Å². The number of benzene rings is 2. The first-order valence-corrected chi connectivity index (χ1v) is 7.03. The largest absolute Gasteiger partial charge is 0.316 e. The van der Waals surface area contributed by atoms with Gasteiger partial charge in [-0.2, -0.15) is 0 Å². The van der Waals surface area contributed by atoms with Gasteiger partial charge in [0, 0.05) is 6.54 Å². The number of hydrogen-bond donors (Lipinski definition) is 1. The summed E-state index contributed by atoms with van der Waals surface area (Å²) in [5.41, 5.74) is 5.54. The lowest BCUT2D eigenvalue weighted by atomic mass is 9.91. The molecule has 100 valence electrons. The monoisotopic (exact) mass is 253 g/mol. The van der Waals surface area contributed by atoms with E-state index in [1.54, 1.807) is 0 Å². The van der Waals surface area contributed by atoms with E-state index in [0.717, 1.165) is 13.0 Å². The summed E-state index contributed by atoms with van der Waals surface area (Å²) < 4.78 is 0. The van der Waals surface area contributed by atoms with Gasteiger partial charge in [-0.25, -0.2) is 0 Å². The molecule has 0 heterocycles. The molecule has 0 saturated carbocycles. The van der Waals surface area contributed by atoms with Crippen molar-refractivity contribution >= 4 is 0 Å². The summed E-state index contributed by atoms with van der Waals surface area (Å²) in [7, 11) is 2.00. The van der Waals surface area contributed by atoms with Crippen LogP contribution in [0.5, 0.6) is 0 Å². The van der Waals surface area contributed by atoms with Crippen LogP contribution in [0.1, 0.15) is 25.0 Å². The van der Waals surface area contributed by atoms with Gasteiger partial charge in [-0.15, -0.1) is 0 Å². The summed E-state index contributed by atoms with van der Waals surface area (Å²) >= 11 is 0. The van der Waals surface area contributed by atoms with Gasteiger partial charge in [0.2, 0.25) is 0 Å². The Morgan fingerprint density at radius 1 is 0.842 bits per heavy atom. The van der Waals surface area contributed by atoms with E-state index in [-0.39, 0.29) is 0 Å². The molecule has 0 aliphatic carbocycles. The zero-order valence-electron chi connectivity index (χ0n) is 12.1. The Balaban J connectivity index is 2.46. The minimum Gasteiger partial charge on any atom is -0.316 e. The fraction of sp³-hybridized carbons (Fsp3) is 0.333. The van der Waals surface area contributed by atoms with Crippen molar-refractivity contribution in [3.8, 4) is 11.1 Å². The van der Waals surface area contributed by atoms with Crippen LogP contribution in [0.25, 0.3) is 11.1 Å². The summed E-state index contributed by atoms with van der Waals surface area (Å²) in [5.74, 6) is 0.678. The van der Waals surface area contributed by atoms with E-state index in [4.69, 9.17) is 0 Å². The number of nitrogens with one attached hydrogen (secondary N) is 1. The summed E-state index contributed by atoms with van der Waals surface area (Å²) in [6.07, 6.45) is 1.13. The predicted molar refractivity (Wildman–Crippen MR) is 83.2 cm³/mol. The second kappa shape index (κ2) is 6.53. The van der Waals surface area contributed by atoms with Gasteiger partial charge in [-0.1, -0.05) is 62.4 Å². The van der Waals surface area contributed by atoms with Crippen LogP contribution in [0, 0.1) is 5.92 Å². The van der Waals surface area contributed by atoms with Crippen LogP contribution < -0.4 is 5.32 Å². The van der Waals surface area contributed by atoms with E-state index in [1.807, 2.05) is 7.05 Å². The Morgan fingerprint density at radius 3 is 1.95 bits per heavy atom. The van der Waals surface area contributed by atoms with Crippen LogP contribution >= 0.6 is 0 Å². The zero-order chi connectivity index (χ0) is 13.7. The second-order valence-corrected chi connectivity index (χ2v) is 5.44. The van der Waals surface area contributed by atoms with E-state index in [1.165, 1.54) is 22.3 Å². The van der Waals surface area contributed by atoms with Crippen molar-refractivity contribution in [2.24, 2.45) is 5.92 Å². The van der Waals surface area contributed by atoms with E-state index in [0.29, 0.717) is 5.92 Å². The third-order valence-corrected chi connectivity index (χ3v) is 3.32. The van der Waals surface area contributed by atoms with Gasteiger partial charge in [-0.3, -0.25) is 0 Å². The summed E-state index contributed by atoms with van der Waals surface area (Å²) in [5, 5.41) is 3.25. The molecule has 0 amide bonds. The molecular weight excluding hydrogens is 230 g/mol. The molecule has 1 heteroatoms. The quantitative estimate of drug-likeness (QED) is 0.839. The molecule has 0 aliphatic heterocycles. The first-order chi connectivity index (χ1) is 9.22. The average Bonchev–Trinajstić information content (AvgIpc) is 2.40. The molecular formula is C18H23N. The van der Waals surface area contributed by atoms with Gasteiger partial charge in [0.15, 0.2) is 0 Å². The second-order valence-electron chi connectivity index (χ2n) is 5.44. The molecule has 0 aromatic heterocycles. The highest BCUT2D eigenvalue weighted by molar-refractivity contribution is 5.70. The fourth-order valence-electron chi connectivity index (χ4n) is 2.53. The molecule has 0 bridgehead atoms. The van der Waals surface area contributed by atoms with Crippen LogP contribution in [0.3, 0.4) is 0 Å². The summed E-state index contributed by atoms with van der Waals surface area (Å²) in [6.45, 7) is 5.46. The van der Waals surface area contributed by atoms with Crippen molar-refractivity contribution in [1.82, 2.24) is 5.32 Å². The lowest BCUT2D eigenvalue weighted by molar-refractivity contribution is 0.648. The van der Waals surface area contributed by atoms with Crippen LogP contribution in [-0.4, -0.2) is 7.05 Å². The highest BCUT2D eigenvalue weighted by atomic mass is 14.8. The van der Waals surface area contributed by atoms with Crippen molar-refractivity contribution in [2.45, 2.75) is 26.8 Å². The predicted octanol–water partition coefficient (Wildman–Crippen LogP) is 4.27. The van der Waals surface area contributed by atoms with Gasteiger partial charge in [0.25, 0.3) is 0 Å². The van der Waals surface area contributed by atoms with Crippen molar-refractivity contribution < 1.29 is 0 Å². The standard InChI is InChI=1S/C18H23N/c1-14(2)12-15-8-4-6-10-17(15)18-11-7-5-9-16(18)13-19-3/h4-11,14,19H,12-13H2,1-3H3. The molecule has 19 heavy (non-hydrogen) atoms.